The van der Waals surface area contributed by atoms with Gasteiger partial charge in [-0.1, -0.05) is 47.1 Å². The number of benzene rings is 2. The Hall–Kier alpha value is -1.20. The third kappa shape index (κ3) is 3.52. The van der Waals surface area contributed by atoms with Crippen molar-refractivity contribution in [1.82, 2.24) is 9.97 Å². The van der Waals surface area contributed by atoms with Gasteiger partial charge in [-0.05, 0) is 35.9 Å². The molecular formula is C15H12Cl2N2OS. The Morgan fingerprint density at radius 1 is 1.10 bits per heavy atom. The highest BCUT2D eigenvalue weighted by atomic mass is 35.5. The Morgan fingerprint density at radius 3 is 2.57 bits per heavy atom. The number of aliphatic hydroxyl groups is 1. The second-order valence-corrected chi connectivity index (χ2v) is 6.46. The lowest BCUT2D eigenvalue weighted by molar-refractivity contribution is 0.204. The van der Waals surface area contributed by atoms with Gasteiger partial charge in [0.05, 0.1) is 17.1 Å². The molecule has 0 saturated carbocycles. The maximum atomic E-state index is 10.2. The zero-order valence-corrected chi connectivity index (χ0v) is 13.2. The van der Waals surface area contributed by atoms with E-state index >= 15 is 0 Å². The van der Waals surface area contributed by atoms with Crippen LogP contribution in [0.3, 0.4) is 0 Å². The molecule has 2 aromatic carbocycles. The number of nitrogens with one attached hydrogen (secondary N) is 1. The Bertz CT molecular complexity index is 758. The smallest absolute Gasteiger partial charge is 0.166 e. The molecule has 0 fully saturated rings. The van der Waals surface area contributed by atoms with Gasteiger partial charge in [-0.2, -0.15) is 0 Å². The summed E-state index contributed by atoms with van der Waals surface area (Å²) < 4.78 is 0. The van der Waals surface area contributed by atoms with Gasteiger partial charge in [0.2, 0.25) is 0 Å². The molecule has 3 nitrogen and oxygen atoms in total. The zero-order valence-electron chi connectivity index (χ0n) is 10.9. The maximum Gasteiger partial charge on any atom is 0.166 e. The van der Waals surface area contributed by atoms with E-state index in [4.69, 9.17) is 23.2 Å². The van der Waals surface area contributed by atoms with E-state index in [1.165, 1.54) is 11.8 Å². The summed E-state index contributed by atoms with van der Waals surface area (Å²) >= 11 is 13.2. The normalized spacial score (nSPS) is 12.7. The third-order valence-electron chi connectivity index (χ3n) is 3.05. The topological polar surface area (TPSA) is 48.9 Å². The molecule has 3 rings (SSSR count). The standard InChI is InChI=1S/C15H12Cl2N2OS/c16-10-3-1-9(2-4-10)14(20)8-21-15-18-12-6-5-11(17)7-13(12)19-15/h1-7,14,20H,8H2,(H,18,19). The maximum absolute atomic E-state index is 10.2. The van der Waals surface area contributed by atoms with Gasteiger partial charge in [-0.15, -0.1) is 0 Å². The molecule has 108 valence electrons. The number of aromatic amines is 1. The molecule has 0 saturated heterocycles. The molecule has 0 aliphatic heterocycles. The Morgan fingerprint density at radius 2 is 1.81 bits per heavy atom. The number of H-pyrrole nitrogens is 1. The third-order valence-corrected chi connectivity index (χ3v) is 4.49. The predicted molar refractivity (Wildman–Crippen MR) is 88.2 cm³/mol. The van der Waals surface area contributed by atoms with E-state index in [2.05, 4.69) is 9.97 Å². The highest BCUT2D eigenvalue weighted by molar-refractivity contribution is 7.99. The number of fused-ring (bicyclic) bond motifs is 1. The molecule has 0 spiro atoms. The van der Waals surface area contributed by atoms with Crippen LogP contribution >= 0.6 is 35.0 Å². The van der Waals surface area contributed by atoms with Crippen LogP contribution in [0.5, 0.6) is 0 Å². The van der Waals surface area contributed by atoms with Crippen LogP contribution in [0.15, 0.2) is 47.6 Å². The first kappa shape index (κ1) is 14.7. The number of rotatable bonds is 4. The number of aromatic nitrogens is 2. The summed E-state index contributed by atoms with van der Waals surface area (Å²) in [5.74, 6) is 0.509. The van der Waals surface area contributed by atoms with Crippen molar-refractivity contribution in [1.29, 1.82) is 0 Å². The van der Waals surface area contributed by atoms with Crippen LogP contribution < -0.4 is 0 Å². The van der Waals surface area contributed by atoms with E-state index in [9.17, 15) is 5.11 Å². The summed E-state index contributed by atoms with van der Waals surface area (Å²) in [4.78, 5) is 7.64. The first-order valence-corrected chi connectivity index (χ1v) is 8.07. The minimum atomic E-state index is -0.566. The first-order chi connectivity index (χ1) is 10.1. The van der Waals surface area contributed by atoms with Crippen LogP contribution in [0, 0.1) is 0 Å². The van der Waals surface area contributed by atoms with Crippen LogP contribution in [0.25, 0.3) is 11.0 Å². The van der Waals surface area contributed by atoms with Crippen molar-refractivity contribution in [3.63, 3.8) is 0 Å². The number of hydrogen-bond acceptors (Lipinski definition) is 3. The van der Waals surface area contributed by atoms with Gasteiger partial charge >= 0.3 is 0 Å². The molecular weight excluding hydrogens is 327 g/mol. The molecule has 21 heavy (non-hydrogen) atoms. The molecule has 1 heterocycles. The van der Waals surface area contributed by atoms with Crippen LogP contribution in [-0.4, -0.2) is 20.8 Å². The highest BCUT2D eigenvalue weighted by Crippen LogP contribution is 2.26. The number of halogens is 2. The quantitative estimate of drug-likeness (QED) is 0.678. The van der Waals surface area contributed by atoms with Crippen molar-refractivity contribution in [2.75, 3.05) is 5.75 Å². The summed E-state index contributed by atoms with van der Waals surface area (Å²) in [5, 5.41) is 12.3. The number of imidazole rings is 1. The molecule has 6 heteroatoms. The predicted octanol–water partition coefficient (Wildman–Crippen LogP) is 4.70. The largest absolute Gasteiger partial charge is 0.388 e. The number of nitrogens with zero attached hydrogens (tertiary/aromatic N) is 1. The van der Waals surface area contributed by atoms with E-state index in [1.807, 2.05) is 30.3 Å². The van der Waals surface area contributed by atoms with Gasteiger partial charge in [0.25, 0.3) is 0 Å². The van der Waals surface area contributed by atoms with E-state index in [0.717, 1.165) is 21.8 Å². The Balaban J connectivity index is 1.69. The average molecular weight is 339 g/mol. The van der Waals surface area contributed by atoms with Crippen LogP contribution in [0.2, 0.25) is 10.0 Å². The second-order valence-electron chi connectivity index (χ2n) is 4.58. The molecule has 1 aromatic heterocycles. The summed E-state index contributed by atoms with van der Waals surface area (Å²) in [6, 6.07) is 12.7. The summed E-state index contributed by atoms with van der Waals surface area (Å²) in [6.45, 7) is 0. The summed E-state index contributed by atoms with van der Waals surface area (Å²) in [7, 11) is 0. The lowest BCUT2D eigenvalue weighted by atomic mass is 10.1. The minimum absolute atomic E-state index is 0.509. The molecule has 1 unspecified atom stereocenters. The van der Waals surface area contributed by atoms with Crippen LogP contribution in [0.4, 0.5) is 0 Å². The molecule has 0 bridgehead atoms. The second kappa shape index (κ2) is 6.28. The number of thioether (sulfide) groups is 1. The van der Waals surface area contributed by atoms with Gasteiger partial charge in [0.1, 0.15) is 0 Å². The summed E-state index contributed by atoms with van der Waals surface area (Å²) in [6.07, 6.45) is -0.566. The molecule has 2 N–H and O–H groups in total. The van der Waals surface area contributed by atoms with E-state index in [1.54, 1.807) is 12.1 Å². The molecule has 1 atom stereocenters. The molecule has 0 aliphatic carbocycles. The van der Waals surface area contributed by atoms with Crippen molar-refractivity contribution in [2.45, 2.75) is 11.3 Å². The van der Waals surface area contributed by atoms with Gasteiger partial charge in [0.15, 0.2) is 5.16 Å². The number of hydrogen-bond donors (Lipinski definition) is 2. The highest BCUT2D eigenvalue weighted by Gasteiger charge is 2.10. The fraction of sp³-hybridized carbons (Fsp3) is 0.133. The van der Waals surface area contributed by atoms with Crippen molar-refractivity contribution >= 4 is 46.0 Å². The van der Waals surface area contributed by atoms with E-state index in [0.29, 0.717) is 15.8 Å². The van der Waals surface area contributed by atoms with E-state index < -0.39 is 6.10 Å². The fourth-order valence-corrected chi connectivity index (χ4v) is 3.12. The first-order valence-electron chi connectivity index (χ1n) is 6.33. The summed E-state index contributed by atoms with van der Waals surface area (Å²) in [5.41, 5.74) is 2.60. The van der Waals surface area contributed by atoms with Crippen molar-refractivity contribution in [3.05, 3.63) is 58.1 Å². The molecule has 0 amide bonds. The fourth-order valence-electron chi connectivity index (χ4n) is 1.97. The van der Waals surface area contributed by atoms with Gasteiger partial charge in [-0.3, -0.25) is 0 Å². The lowest BCUT2D eigenvalue weighted by Gasteiger charge is -2.09. The number of aliphatic hydroxyl groups excluding tert-OH is 1. The Labute approximate surface area is 136 Å². The minimum Gasteiger partial charge on any atom is -0.388 e. The van der Waals surface area contributed by atoms with Crippen LogP contribution in [0.1, 0.15) is 11.7 Å². The molecule has 3 aromatic rings. The van der Waals surface area contributed by atoms with Crippen molar-refractivity contribution < 1.29 is 5.11 Å². The zero-order chi connectivity index (χ0) is 14.8. The van der Waals surface area contributed by atoms with Gasteiger partial charge in [-0.25, -0.2) is 4.98 Å². The monoisotopic (exact) mass is 338 g/mol. The molecule has 0 aliphatic rings. The Kier molecular flexibility index (Phi) is 4.40. The van der Waals surface area contributed by atoms with E-state index in [-0.39, 0.29) is 0 Å². The average Bonchev–Trinajstić information content (AvgIpc) is 2.87. The molecule has 0 radical (unpaired) electrons. The van der Waals surface area contributed by atoms with Gasteiger partial charge < -0.3 is 10.1 Å². The van der Waals surface area contributed by atoms with Crippen molar-refractivity contribution in [3.8, 4) is 0 Å². The van der Waals surface area contributed by atoms with Crippen LogP contribution in [-0.2, 0) is 0 Å². The lowest BCUT2D eigenvalue weighted by Crippen LogP contribution is -2.00. The SMILES string of the molecule is OC(CSc1nc2ccc(Cl)cc2[nH]1)c1ccc(Cl)cc1. The van der Waals surface area contributed by atoms with Crippen molar-refractivity contribution in [2.24, 2.45) is 0 Å². The van der Waals surface area contributed by atoms with Gasteiger partial charge in [0, 0.05) is 15.8 Å².